The lowest BCUT2D eigenvalue weighted by Crippen LogP contribution is -2.49. The minimum atomic E-state index is 0.0647. The third-order valence-electron chi connectivity index (χ3n) is 5.86. The fraction of sp³-hybridized carbons (Fsp3) is 0.619. The quantitative estimate of drug-likeness (QED) is 0.450. The van der Waals surface area contributed by atoms with Gasteiger partial charge in [0.05, 0.1) is 6.54 Å². The fourth-order valence-corrected chi connectivity index (χ4v) is 4.17. The molecule has 1 aromatic carbocycles. The molecule has 0 atom stereocenters. The van der Waals surface area contributed by atoms with Gasteiger partial charge in [0.25, 0.3) is 0 Å². The first-order valence-corrected chi connectivity index (χ1v) is 10.3. The van der Waals surface area contributed by atoms with Gasteiger partial charge in [-0.05, 0) is 55.7 Å². The van der Waals surface area contributed by atoms with Gasteiger partial charge in [0.15, 0.2) is 5.96 Å². The first-order chi connectivity index (χ1) is 13.6. The van der Waals surface area contributed by atoms with Gasteiger partial charge in [-0.3, -0.25) is 14.7 Å². The van der Waals surface area contributed by atoms with Crippen molar-refractivity contribution in [2.24, 2.45) is 4.99 Å². The van der Waals surface area contributed by atoms with Crippen molar-refractivity contribution >= 4 is 11.9 Å². The number of piperidine rings is 1. The number of likely N-dealkylation sites (N-methyl/N-ethyl adjacent to an activating group) is 1. The van der Waals surface area contributed by atoms with Crippen molar-refractivity contribution in [1.29, 1.82) is 0 Å². The van der Waals surface area contributed by atoms with Gasteiger partial charge in [-0.2, -0.15) is 0 Å². The zero-order valence-electron chi connectivity index (χ0n) is 17.1. The summed E-state index contributed by atoms with van der Waals surface area (Å²) in [6.07, 6.45) is 6.51. The van der Waals surface area contributed by atoms with E-state index in [1.807, 2.05) is 6.07 Å². The highest BCUT2D eigenvalue weighted by Gasteiger charge is 2.22. The molecule has 3 rings (SSSR count). The van der Waals surface area contributed by atoms with Gasteiger partial charge in [-0.1, -0.05) is 6.07 Å². The third-order valence-corrected chi connectivity index (χ3v) is 5.86. The number of nitrogens with one attached hydrogen (secondary N) is 3. The number of benzene rings is 1. The van der Waals surface area contributed by atoms with Crippen molar-refractivity contribution in [2.75, 3.05) is 33.7 Å². The Labute approximate surface area is 167 Å². The number of fused-ring (bicyclic) bond motifs is 1. The Balaban J connectivity index is 1.52. The van der Waals surface area contributed by atoms with Crippen molar-refractivity contribution in [3.8, 4) is 5.75 Å². The Morgan fingerprint density at radius 2 is 2.00 bits per heavy atom. The number of amides is 1. The molecule has 0 saturated carbocycles. The lowest BCUT2D eigenvalue weighted by molar-refractivity contribution is -0.122. The maximum absolute atomic E-state index is 11.5. The molecule has 1 fully saturated rings. The van der Waals surface area contributed by atoms with E-state index in [2.05, 4.69) is 31.9 Å². The predicted molar refractivity (Wildman–Crippen MR) is 112 cm³/mol. The van der Waals surface area contributed by atoms with Gasteiger partial charge >= 0.3 is 0 Å². The molecule has 2 aliphatic rings. The number of aryl methyl sites for hydroxylation is 1. The molecule has 7 heteroatoms. The van der Waals surface area contributed by atoms with Crippen molar-refractivity contribution < 1.29 is 9.90 Å². The number of carbonyl (C=O) groups excluding carboxylic acids is 1. The van der Waals surface area contributed by atoms with Gasteiger partial charge in [0.1, 0.15) is 5.75 Å². The van der Waals surface area contributed by atoms with Crippen LogP contribution in [0, 0.1) is 0 Å². The highest BCUT2D eigenvalue weighted by molar-refractivity contribution is 5.80. The number of carbonyl (C=O) groups is 1. The lowest BCUT2D eigenvalue weighted by atomic mass is 9.88. The maximum atomic E-state index is 11.5. The normalized spacial score (nSPS) is 18.4. The van der Waals surface area contributed by atoms with Crippen LogP contribution < -0.4 is 16.0 Å². The number of aromatic hydroxyl groups is 1. The molecule has 1 amide bonds. The summed E-state index contributed by atoms with van der Waals surface area (Å²) in [6.45, 7) is 2.84. The van der Waals surface area contributed by atoms with Crippen LogP contribution in [0.15, 0.2) is 17.1 Å². The first-order valence-electron chi connectivity index (χ1n) is 10.3. The Morgan fingerprint density at radius 3 is 2.71 bits per heavy atom. The van der Waals surface area contributed by atoms with Crippen LogP contribution in [-0.2, 0) is 24.2 Å². The van der Waals surface area contributed by atoms with E-state index in [-0.39, 0.29) is 5.91 Å². The fourth-order valence-electron chi connectivity index (χ4n) is 4.17. The molecule has 0 unspecified atom stereocenters. The molecule has 0 spiro atoms. The molecule has 4 N–H and O–H groups in total. The average molecular weight is 388 g/mol. The molecule has 1 heterocycles. The van der Waals surface area contributed by atoms with Crippen LogP contribution in [0.2, 0.25) is 0 Å². The van der Waals surface area contributed by atoms with Crippen molar-refractivity contribution in [2.45, 2.75) is 51.1 Å². The number of nitrogens with zero attached hydrogens (tertiary/aromatic N) is 2. The number of likely N-dealkylation sites (tertiary alicyclic amines) is 1. The molecule has 1 saturated heterocycles. The molecule has 154 valence electrons. The van der Waals surface area contributed by atoms with Gasteiger partial charge in [0.2, 0.25) is 5.91 Å². The zero-order chi connectivity index (χ0) is 19.9. The van der Waals surface area contributed by atoms with E-state index in [4.69, 9.17) is 0 Å². The SMILES string of the molecule is CN=C(NCc1c(O)ccc2c1CCCC2)NC1CCN(CC(=O)NC)CC1. The minimum absolute atomic E-state index is 0.0647. The zero-order valence-corrected chi connectivity index (χ0v) is 17.1. The summed E-state index contributed by atoms with van der Waals surface area (Å²) in [6, 6.07) is 4.22. The second-order valence-electron chi connectivity index (χ2n) is 7.70. The van der Waals surface area contributed by atoms with Crippen LogP contribution in [0.4, 0.5) is 0 Å². The van der Waals surface area contributed by atoms with Crippen LogP contribution in [-0.4, -0.2) is 61.6 Å². The molecule has 7 nitrogen and oxygen atoms in total. The summed E-state index contributed by atoms with van der Waals surface area (Å²) in [7, 11) is 3.45. The first kappa shape index (κ1) is 20.5. The molecule has 1 aliphatic heterocycles. The summed E-state index contributed by atoms with van der Waals surface area (Å²) in [5.41, 5.74) is 3.67. The van der Waals surface area contributed by atoms with E-state index in [9.17, 15) is 9.90 Å². The van der Waals surface area contributed by atoms with Crippen molar-refractivity contribution in [3.63, 3.8) is 0 Å². The summed E-state index contributed by atoms with van der Waals surface area (Å²) < 4.78 is 0. The monoisotopic (exact) mass is 387 g/mol. The number of phenols is 1. The summed E-state index contributed by atoms with van der Waals surface area (Å²) >= 11 is 0. The molecular weight excluding hydrogens is 354 g/mol. The minimum Gasteiger partial charge on any atom is -0.508 e. The van der Waals surface area contributed by atoms with Crippen LogP contribution >= 0.6 is 0 Å². The highest BCUT2D eigenvalue weighted by Crippen LogP contribution is 2.30. The second kappa shape index (κ2) is 9.78. The average Bonchev–Trinajstić information content (AvgIpc) is 2.73. The highest BCUT2D eigenvalue weighted by atomic mass is 16.3. The van der Waals surface area contributed by atoms with E-state index in [0.29, 0.717) is 24.9 Å². The molecule has 0 radical (unpaired) electrons. The predicted octanol–water partition coefficient (Wildman–Crippen LogP) is 1.15. The van der Waals surface area contributed by atoms with E-state index in [1.54, 1.807) is 14.1 Å². The number of phenolic OH excluding ortho intramolecular Hbond substituents is 1. The number of rotatable bonds is 5. The summed E-state index contributed by atoms with van der Waals surface area (Å²) in [5.74, 6) is 1.19. The molecule has 0 aromatic heterocycles. The smallest absolute Gasteiger partial charge is 0.233 e. The largest absolute Gasteiger partial charge is 0.508 e. The molecular formula is C21H33N5O2. The summed E-state index contributed by atoms with van der Waals surface area (Å²) in [4.78, 5) is 18.1. The van der Waals surface area contributed by atoms with Gasteiger partial charge < -0.3 is 21.1 Å². The van der Waals surface area contributed by atoms with Crippen molar-refractivity contribution in [3.05, 3.63) is 28.8 Å². The maximum Gasteiger partial charge on any atom is 0.233 e. The van der Waals surface area contributed by atoms with Crippen LogP contribution in [0.1, 0.15) is 42.4 Å². The Morgan fingerprint density at radius 1 is 1.25 bits per heavy atom. The number of guanidine groups is 1. The Kier molecular flexibility index (Phi) is 7.14. The lowest BCUT2D eigenvalue weighted by Gasteiger charge is -2.32. The molecule has 1 aliphatic carbocycles. The number of aliphatic imine (C=N–C) groups is 1. The van der Waals surface area contributed by atoms with E-state index in [0.717, 1.165) is 50.3 Å². The third kappa shape index (κ3) is 5.16. The molecule has 0 bridgehead atoms. The topological polar surface area (TPSA) is 89.0 Å². The van der Waals surface area contributed by atoms with E-state index in [1.165, 1.54) is 24.0 Å². The van der Waals surface area contributed by atoms with Gasteiger partial charge in [-0.25, -0.2) is 0 Å². The van der Waals surface area contributed by atoms with Crippen LogP contribution in [0.5, 0.6) is 5.75 Å². The standard InChI is InChI=1S/C21H33N5O2/c1-22-20(28)14-26-11-9-16(10-12-26)25-21(23-2)24-13-18-17-6-4-3-5-15(17)7-8-19(18)27/h7-8,16,27H,3-6,9-14H2,1-2H3,(H,22,28)(H2,23,24,25). The number of hydrogen-bond acceptors (Lipinski definition) is 4. The Bertz CT molecular complexity index is 711. The van der Waals surface area contributed by atoms with Crippen LogP contribution in [0.25, 0.3) is 0 Å². The van der Waals surface area contributed by atoms with Crippen molar-refractivity contribution in [1.82, 2.24) is 20.9 Å². The van der Waals surface area contributed by atoms with Gasteiger partial charge in [0, 0.05) is 45.3 Å². The van der Waals surface area contributed by atoms with Gasteiger partial charge in [-0.15, -0.1) is 0 Å². The number of hydrogen-bond donors (Lipinski definition) is 4. The molecule has 1 aromatic rings. The second-order valence-corrected chi connectivity index (χ2v) is 7.70. The van der Waals surface area contributed by atoms with E-state index >= 15 is 0 Å². The summed E-state index contributed by atoms with van der Waals surface area (Å²) in [5, 5.41) is 19.9. The molecule has 28 heavy (non-hydrogen) atoms. The Hall–Kier alpha value is -2.28. The van der Waals surface area contributed by atoms with Crippen LogP contribution in [0.3, 0.4) is 0 Å². The van der Waals surface area contributed by atoms with E-state index < -0.39 is 0 Å².